The van der Waals surface area contributed by atoms with Crippen molar-refractivity contribution in [2.75, 3.05) is 0 Å². The number of benzene rings is 2. The summed E-state index contributed by atoms with van der Waals surface area (Å²) in [5, 5.41) is 10.0. The molecule has 0 atom stereocenters. The number of aromatic nitrogens is 1. The Morgan fingerprint density at radius 3 is 2.71 bits per heavy atom. The SMILES string of the molecule is O=C(O)c1ccc2ccn(Cc3ccc(F)cc3Br)c2c1. The van der Waals surface area contributed by atoms with Crippen molar-refractivity contribution >= 4 is 32.8 Å². The van der Waals surface area contributed by atoms with Gasteiger partial charge in [-0.3, -0.25) is 0 Å². The van der Waals surface area contributed by atoms with Gasteiger partial charge < -0.3 is 9.67 Å². The molecule has 0 amide bonds. The van der Waals surface area contributed by atoms with Crippen molar-refractivity contribution in [1.29, 1.82) is 0 Å². The summed E-state index contributed by atoms with van der Waals surface area (Å²) >= 11 is 3.35. The fourth-order valence-electron chi connectivity index (χ4n) is 2.29. The molecule has 3 rings (SSSR count). The van der Waals surface area contributed by atoms with Crippen molar-refractivity contribution in [2.45, 2.75) is 6.54 Å². The molecule has 5 heteroatoms. The van der Waals surface area contributed by atoms with Crippen molar-refractivity contribution < 1.29 is 14.3 Å². The van der Waals surface area contributed by atoms with E-state index in [0.29, 0.717) is 11.0 Å². The predicted molar refractivity (Wildman–Crippen MR) is 82.1 cm³/mol. The number of hydrogen-bond acceptors (Lipinski definition) is 1. The first-order valence-corrected chi connectivity index (χ1v) is 7.10. The molecule has 0 aliphatic rings. The van der Waals surface area contributed by atoms with E-state index in [1.807, 2.05) is 16.8 Å². The number of rotatable bonds is 3. The number of fused-ring (bicyclic) bond motifs is 1. The van der Waals surface area contributed by atoms with E-state index in [2.05, 4.69) is 15.9 Å². The van der Waals surface area contributed by atoms with Gasteiger partial charge in [-0.05, 0) is 41.3 Å². The van der Waals surface area contributed by atoms with Gasteiger partial charge in [-0.2, -0.15) is 0 Å². The monoisotopic (exact) mass is 347 g/mol. The van der Waals surface area contributed by atoms with Crippen LogP contribution in [0.1, 0.15) is 15.9 Å². The predicted octanol–water partition coefficient (Wildman–Crippen LogP) is 4.29. The molecule has 0 unspecified atom stereocenters. The lowest BCUT2D eigenvalue weighted by molar-refractivity contribution is 0.0697. The molecule has 1 N–H and O–H groups in total. The third kappa shape index (κ3) is 2.69. The third-order valence-electron chi connectivity index (χ3n) is 3.38. The second-order valence-corrected chi connectivity index (χ2v) is 5.61. The molecule has 21 heavy (non-hydrogen) atoms. The number of halogens is 2. The standard InChI is InChI=1S/C16H11BrFNO2/c17-14-8-13(18)4-3-12(14)9-19-6-5-10-1-2-11(16(20)21)7-15(10)19/h1-8H,9H2,(H,20,21). The van der Waals surface area contributed by atoms with Gasteiger partial charge in [0.25, 0.3) is 0 Å². The molecule has 3 aromatic rings. The van der Waals surface area contributed by atoms with E-state index in [1.165, 1.54) is 12.1 Å². The molecule has 0 saturated heterocycles. The van der Waals surface area contributed by atoms with Crippen LogP contribution < -0.4 is 0 Å². The van der Waals surface area contributed by atoms with E-state index in [-0.39, 0.29) is 11.4 Å². The zero-order chi connectivity index (χ0) is 15.0. The van der Waals surface area contributed by atoms with Crippen molar-refractivity contribution in [3.05, 3.63) is 70.1 Å². The Hall–Kier alpha value is -2.14. The summed E-state index contributed by atoms with van der Waals surface area (Å²) in [7, 11) is 0. The van der Waals surface area contributed by atoms with Crippen LogP contribution in [-0.4, -0.2) is 15.6 Å². The summed E-state index contributed by atoms with van der Waals surface area (Å²) in [5.74, 6) is -1.25. The number of aromatic carboxylic acids is 1. The fraction of sp³-hybridized carbons (Fsp3) is 0.0625. The van der Waals surface area contributed by atoms with E-state index in [4.69, 9.17) is 5.11 Å². The molecular weight excluding hydrogens is 337 g/mol. The van der Waals surface area contributed by atoms with Crippen molar-refractivity contribution in [2.24, 2.45) is 0 Å². The first-order valence-electron chi connectivity index (χ1n) is 6.31. The third-order valence-corrected chi connectivity index (χ3v) is 4.11. The highest BCUT2D eigenvalue weighted by molar-refractivity contribution is 9.10. The number of carboxylic acid groups (broad SMARTS) is 1. The second-order valence-electron chi connectivity index (χ2n) is 4.76. The molecule has 0 spiro atoms. The fourth-order valence-corrected chi connectivity index (χ4v) is 2.76. The zero-order valence-corrected chi connectivity index (χ0v) is 12.5. The minimum absolute atomic E-state index is 0.251. The van der Waals surface area contributed by atoms with Crippen LogP contribution in [0.15, 0.2) is 53.1 Å². The summed E-state index contributed by atoms with van der Waals surface area (Å²) in [6.45, 7) is 0.535. The van der Waals surface area contributed by atoms with Crippen molar-refractivity contribution in [3.8, 4) is 0 Å². The number of carbonyl (C=O) groups is 1. The summed E-state index contributed by atoms with van der Waals surface area (Å²) in [5.41, 5.74) is 2.02. The van der Waals surface area contributed by atoms with Crippen LogP contribution in [0.25, 0.3) is 10.9 Å². The van der Waals surface area contributed by atoms with Crippen LogP contribution in [0.5, 0.6) is 0 Å². The van der Waals surface area contributed by atoms with E-state index in [1.54, 1.807) is 24.3 Å². The van der Waals surface area contributed by atoms with Gasteiger partial charge in [0, 0.05) is 22.7 Å². The highest BCUT2D eigenvalue weighted by Crippen LogP contribution is 2.23. The average molecular weight is 348 g/mol. The second kappa shape index (κ2) is 5.33. The van der Waals surface area contributed by atoms with Crippen LogP contribution in [0, 0.1) is 5.82 Å². The highest BCUT2D eigenvalue weighted by Gasteiger charge is 2.09. The van der Waals surface area contributed by atoms with Crippen molar-refractivity contribution in [1.82, 2.24) is 4.57 Å². The largest absolute Gasteiger partial charge is 0.478 e. The quantitative estimate of drug-likeness (QED) is 0.767. The molecule has 0 aliphatic carbocycles. The normalized spacial score (nSPS) is 11.0. The smallest absolute Gasteiger partial charge is 0.335 e. The van der Waals surface area contributed by atoms with Crippen molar-refractivity contribution in [3.63, 3.8) is 0 Å². The number of nitrogens with zero attached hydrogens (tertiary/aromatic N) is 1. The van der Waals surface area contributed by atoms with Gasteiger partial charge >= 0.3 is 5.97 Å². The van der Waals surface area contributed by atoms with Gasteiger partial charge in [-0.15, -0.1) is 0 Å². The molecule has 0 aliphatic heterocycles. The molecule has 3 nitrogen and oxygen atoms in total. The summed E-state index contributed by atoms with van der Waals surface area (Å²) in [4.78, 5) is 11.1. The van der Waals surface area contributed by atoms with Crippen LogP contribution in [0.3, 0.4) is 0 Å². The molecule has 0 saturated carbocycles. The first kappa shape index (κ1) is 13.8. The van der Waals surface area contributed by atoms with Gasteiger partial charge in [-0.25, -0.2) is 9.18 Å². The highest BCUT2D eigenvalue weighted by atomic mass is 79.9. The van der Waals surface area contributed by atoms with Crippen LogP contribution in [0.2, 0.25) is 0 Å². The lowest BCUT2D eigenvalue weighted by Crippen LogP contribution is -2.01. The molecule has 106 valence electrons. The Bertz CT molecular complexity index is 841. The summed E-state index contributed by atoms with van der Waals surface area (Å²) in [6.07, 6.45) is 1.89. The first-order chi connectivity index (χ1) is 10.0. The zero-order valence-electron chi connectivity index (χ0n) is 10.9. The lowest BCUT2D eigenvalue weighted by atomic mass is 10.1. The Labute approximate surface area is 128 Å². The number of hydrogen-bond donors (Lipinski definition) is 1. The van der Waals surface area contributed by atoms with Crippen LogP contribution >= 0.6 is 15.9 Å². The maximum Gasteiger partial charge on any atom is 0.335 e. The molecule has 0 bridgehead atoms. The minimum atomic E-state index is -0.951. The Kier molecular flexibility index (Phi) is 3.51. The molecule has 1 aromatic heterocycles. The summed E-state index contributed by atoms with van der Waals surface area (Å²) < 4.78 is 15.8. The van der Waals surface area contributed by atoms with E-state index in [0.717, 1.165) is 16.5 Å². The van der Waals surface area contributed by atoms with Gasteiger partial charge in [0.15, 0.2) is 0 Å². The maximum atomic E-state index is 13.1. The average Bonchev–Trinajstić information content (AvgIpc) is 2.84. The lowest BCUT2D eigenvalue weighted by Gasteiger charge is -2.08. The maximum absolute atomic E-state index is 13.1. The van der Waals surface area contributed by atoms with Gasteiger partial charge in [0.05, 0.1) is 5.56 Å². The Morgan fingerprint density at radius 1 is 1.19 bits per heavy atom. The van der Waals surface area contributed by atoms with Gasteiger partial charge in [0.2, 0.25) is 0 Å². The topological polar surface area (TPSA) is 42.2 Å². The number of carboxylic acids is 1. The molecule has 2 aromatic carbocycles. The van der Waals surface area contributed by atoms with Crippen LogP contribution in [-0.2, 0) is 6.54 Å². The molecule has 1 heterocycles. The molecular formula is C16H11BrFNO2. The Balaban J connectivity index is 2.04. The van der Waals surface area contributed by atoms with Crippen LogP contribution in [0.4, 0.5) is 4.39 Å². The van der Waals surface area contributed by atoms with E-state index < -0.39 is 5.97 Å². The Morgan fingerprint density at radius 2 is 2.00 bits per heavy atom. The minimum Gasteiger partial charge on any atom is -0.478 e. The molecule has 0 radical (unpaired) electrons. The molecule has 0 fully saturated rings. The van der Waals surface area contributed by atoms with Gasteiger partial charge in [-0.1, -0.05) is 28.1 Å². The van der Waals surface area contributed by atoms with E-state index >= 15 is 0 Å². The van der Waals surface area contributed by atoms with Gasteiger partial charge in [0.1, 0.15) is 5.82 Å². The van der Waals surface area contributed by atoms with E-state index in [9.17, 15) is 9.18 Å². The summed E-state index contributed by atoms with van der Waals surface area (Å²) in [6, 6.07) is 11.5.